The Labute approximate surface area is 120 Å². The molecule has 6 heteroatoms. The maximum absolute atomic E-state index is 11.7. The van der Waals surface area contributed by atoms with E-state index in [0.717, 1.165) is 31.2 Å². The second kappa shape index (κ2) is 7.79. The predicted octanol–water partition coefficient (Wildman–Crippen LogP) is 1.07. The topological polar surface area (TPSA) is 70.2 Å². The van der Waals surface area contributed by atoms with Gasteiger partial charge in [0.05, 0.1) is 12.2 Å². The van der Waals surface area contributed by atoms with Gasteiger partial charge in [-0.1, -0.05) is 6.42 Å². The summed E-state index contributed by atoms with van der Waals surface area (Å²) < 4.78 is 0. The summed E-state index contributed by atoms with van der Waals surface area (Å²) in [6.45, 7) is 6.20. The molecule has 0 aromatic carbocycles. The minimum absolute atomic E-state index is 0.140. The molecule has 0 saturated carbocycles. The lowest BCUT2D eigenvalue weighted by Gasteiger charge is -2.26. The molecule has 0 unspecified atom stereocenters. The molecule has 1 saturated heterocycles. The van der Waals surface area contributed by atoms with Gasteiger partial charge in [0.15, 0.2) is 0 Å². The van der Waals surface area contributed by atoms with Crippen LogP contribution in [0.5, 0.6) is 0 Å². The van der Waals surface area contributed by atoms with Gasteiger partial charge in [-0.05, 0) is 38.9 Å². The molecule has 1 aromatic heterocycles. The Bertz CT molecular complexity index is 431. The monoisotopic (exact) mass is 277 g/mol. The van der Waals surface area contributed by atoms with E-state index >= 15 is 0 Å². The van der Waals surface area contributed by atoms with Crippen LogP contribution < -0.4 is 10.6 Å². The van der Waals surface area contributed by atoms with E-state index in [0.29, 0.717) is 13.1 Å². The van der Waals surface area contributed by atoms with Gasteiger partial charge in [0.2, 0.25) is 0 Å². The van der Waals surface area contributed by atoms with E-state index in [1.54, 1.807) is 12.3 Å². The lowest BCUT2D eigenvalue weighted by Crippen LogP contribution is -2.41. The first-order valence-corrected chi connectivity index (χ1v) is 7.26. The van der Waals surface area contributed by atoms with E-state index < -0.39 is 0 Å². The highest BCUT2D eigenvalue weighted by molar-refractivity contribution is 5.73. The minimum Gasteiger partial charge on any atom is -0.337 e. The van der Waals surface area contributed by atoms with Crippen LogP contribution in [0.2, 0.25) is 0 Å². The minimum atomic E-state index is -0.140. The Hall–Kier alpha value is -1.69. The highest BCUT2D eigenvalue weighted by Gasteiger charge is 2.09. The van der Waals surface area contributed by atoms with E-state index in [-0.39, 0.29) is 6.03 Å². The molecular weight excluding hydrogens is 254 g/mol. The number of aryl methyl sites for hydroxylation is 1. The van der Waals surface area contributed by atoms with Crippen molar-refractivity contribution in [1.82, 2.24) is 25.5 Å². The average Bonchev–Trinajstić information content (AvgIpc) is 2.46. The molecule has 0 aliphatic carbocycles. The number of rotatable bonds is 5. The molecule has 20 heavy (non-hydrogen) atoms. The number of urea groups is 1. The van der Waals surface area contributed by atoms with Crippen LogP contribution in [-0.2, 0) is 6.54 Å². The molecule has 0 atom stereocenters. The molecule has 1 aliphatic rings. The van der Waals surface area contributed by atoms with Crippen LogP contribution in [0, 0.1) is 6.92 Å². The number of piperidine rings is 1. The van der Waals surface area contributed by atoms with E-state index in [2.05, 4.69) is 25.5 Å². The zero-order valence-electron chi connectivity index (χ0n) is 12.1. The number of amides is 2. The van der Waals surface area contributed by atoms with Crippen molar-refractivity contribution >= 4 is 6.03 Å². The summed E-state index contributed by atoms with van der Waals surface area (Å²) in [4.78, 5) is 22.3. The molecule has 2 rings (SSSR count). The van der Waals surface area contributed by atoms with Crippen LogP contribution >= 0.6 is 0 Å². The van der Waals surface area contributed by atoms with Crippen molar-refractivity contribution in [3.8, 4) is 0 Å². The first-order valence-electron chi connectivity index (χ1n) is 7.26. The molecule has 6 nitrogen and oxygen atoms in total. The molecule has 1 aromatic rings. The molecule has 0 bridgehead atoms. The number of likely N-dealkylation sites (tertiary alicyclic amines) is 1. The van der Waals surface area contributed by atoms with Gasteiger partial charge in [-0.25, -0.2) is 14.8 Å². The van der Waals surface area contributed by atoms with E-state index in [1.807, 2.05) is 6.92 Å². The summed E-state index contributed by atoms with van der Waals surface area (Å²) >= 11 is 0. The fourth-order valence-electron chi connectivity index (χ4n) is 2.35. The molecule has 0 radical (unpaired) electrons. The quantitative estimate of drug-likeness (QED) is 0.844. The van der Waals surface area contributed by atoms with Gasteiger partial charge in [0, 0.05) is 19.3 Å². The normalized spacial score (nSPS) is 15.8. The van der Waals surface area contributed by atoms with Crippen molar-refractivity contribution < 1.29 is 4.79 Å². The largest absolute Gasteiger partial charge is 0.337 e. The van der Waals surface area contributed by atoms with Crippen molar-refractivity contribution in [2.75, 3.05) is 26.2 Å². The number of nitrogens with zero attached hydrogens (tertiary/aromatic N) is 3. The number of hydrogen-bond acceptors (Lipinski definition) is 4. The second-order valence-electron chi connectivity index (χ2n) is 5.11. The van der Waals surface area contributed by atoms with Gasteiger partial charge in [-0.2, -0.15) is 0 Å². The first kappa shape index (κ1) is 14.7. The predicted molar refractivity (Wildman–Crippen MR) is 77.3 cm³/mol. The number of nitrogens with one attached hydrogen (secondary N) is 2. The fourth-order valence-corrected chi connectivity index (χ4v) is 2.35. The van der Waals surface area contributed by atoms with Crippen LogP contribution in [-0.4, -0.2) is 47.1 Å². The van der Waals surface area contributed by atoms with E-state index in [1.165, 1.54) is 19.3 Å². The Balaban J connectivity index is 1.60. The highest BCUT2D eigenvalue weighted by atomic mass is 16.2. The van der Waals surface area contributed by atoms with Gasteiger partial charge in [0.25, 0.3) is 0 Å². The summed E-state index contributed by atoms with van der Waals surface area (Å²) in [7, 11) is 0. The molecule has 2 amide bonds. The van der Waals surface area contributed by atoms with Gasteiger partial charge in [-0.15, -0.1) is 0 Å². The average molecular weight is 277 g/mol. The lowest BCUT2D eigenvalue weighted by atomic mass is 10.1. The molecule has 2 heterocycles. The molecule has 2 N–H and O–H groups in total. The van der Waals surface area contributed by atoms with Crippen molar-refractivity contribution in [2.45, 2.75) is 32.7 Å². The molecule has 110 valence electrons. The number of carbonyl (C=O) groups is 1. The highest BCUT2D eigenvalue weighted by Crippen LogP contribution is 2.07. The molecule has 1 aliphatic heterocycles. The summed E-state index contributed by atoms with van der Waals surface area (Å²) in [5.41, 5.74) is 0.823. The standard InChI is InChI=1S/C14H23N5O/c1-12-15-6-5-13(18-12)11-17-14(20)16-7-10-19-8-3-2-4-9-19/h5-6H,2-4,7-11H2,1H3,(H2,16,17,20). The fraction of sp³-hybridized carbons (Fsp3) is 0.643. The molecular formula is C14H23N5O. The lowest BCUT2D eigenvalue weighted by molar-refractivity contribution is 0.220. The van der Waals surface area contributed by atoms with Crippen molar-refractivity contribution in [2.24, 2.45) is 0 Å². The molecule has 0 spiro atoms. The second-order valence-corrected chi connectivity index (χ2v) is 5.11. The third kappa shape index (κ3) is 5.13. The summed E-state index contributed by atoms with van der Waals surface area (Å²) in [5.74, 6) is 0.717. The third-order valence-electron chi connectivity index (χ3n) is 3.43. The number of hydrogen-bond donors (Lipinski definition) is 2. The Morgan fingerprint density at radius 2 is 2.10 bits per heavy atom. The van der Waals surface area contributed by atoms with Gasteiger partial charge in [-0.3, -0.25) is 0 Å². The maximum Gasteiger partial charge on any atom is 0.315 e. The Morgan fingerprint density at radius 3 is 2.85 bits per heavy atom. The van der Waals surface area contributed by atoms with Gasteiger partial charge < -0.3 is 15.5 Å². The van der Waals surface area contributed by atoms with Crippen LogP contribution in [0.3, 0.4) is 0 Å². The van der Waals surface area contributed by atoms with Crippen LogP contribution in [0.25, 0.3) is 0 Å². The van der Waals surface area contributed by atoms with Crippen LogP contribution in [0.15, 0.2) is 12.3 Å². The Kier molecular flexibility index (Phi) is 5.73. The van der Waals surface area contributed by atoms with Crippen LogP contribution in [0.4, 0.5) is 4.79 Å². The maximum atomic E-state index is 11.7. The van der Waals surface area contributed by atoms with E-state index in [4.69, 9.17) is 0 Å². The van der Waals surface area contributed by atoms with Crippen molar-refractivity contribution in [3.63, 3.8) is 0 Å². The summed E-state index contributed by atoms with van der Waals surface area (Å²) in [5, 5.41) is 5.68. The third-order valence-corrected chi connectivity index (χ3v) is 3.43. The summed E-state index contributed by atoms with van der Waals surface area (Å²) in [6, 6.07) is 1.67. The number of aromatic nitrogens is 2. The molecule has 1 fully saturated rings. The summed E-state index contributed by atoms with van der Waals surface area (Å²) in [6.07, 6.45) is 5.59. The first-order chi connectivity index (χ1) is 9.74. The zero-order valence-corrected chi connectivity index (χ0v) is 12.1. The smallest absolute Gasteiger partial charge is 0.315 e. The van der Waals surface area contributed by atoms with Crippen LogP contribution in [0.1, 0.15) is 30.8 Å². The van der Waals surface area contributed by atoms with Crippen molar-refractivity contribution in [1.29, 1.82) is 0 Å². The SMILES string of the molecule is Cc1nccc(CNC(=O)NCCN2CCCCC2)n1. The van der Waals surface area contributed by atoms with Gasteiger partial charge in [0.1, 0.15) is 5.82 Å². The Morgan fingerprint density at radius 1 is 1.30 bits per heavy atom. The van der Waals surface area contributed by atoms with E-state index in [9.17, 15) is 4.79 Å². The van der Waals surface area contributed by atoms with Crippen molar-refractivity contribution in [3.05, 3.63) is 23.8 Å². The zero-order chi connectivity index (χ0) is 14.2. The van der Waals surface area contributed by atoms with Gasteiger partial charge >= 0.3 is 6.03 Å². The number of carbonyl (C=O) groups excluding carboxylic acids is 1.